The summed E-state index contributed by atoms with van der Waals surface area (Å²) in [6.45, 7) is 5.39. The van der Waals surface area contributed by atoms with E-state index in [9.17, 15) is 9.59 Å². The minimum absolute atomic E-state index is 0.0378. The number of rotatable bonds is 3. The van der Waals surface area contributed by atoms with Crippen LogP contribution in [-0.4, -0.2) is 34.7 Å². The predicted octanol–water partition coefficient (Wildman–Crippen LogP) is 4.21. The second-order valence-electron chi connectivity index (χ2n) is 8.39. The summed E-state index contributed by atoms with van der Waals surface area (Å²) in [6, 6.07) is 15.8. The quantitative estimate of drug-likeness (QED) is 0.645. The number of hydrogen-bond acceptors (Lipinski definition) is 3. The third-order valence-electron chi connectivity index (χ3n) is 6.29. The Hall–Kier alpha value is -3.41. The average Bonchev–Trinajstić information content (AvgIpc) is 3.12. The molecule has 3 heterocycles. The number of benzene rings is 2. The molecule has 0 radical (unpaired) electrons. The maximum atomic E-state index is 13.5. The van der Waals surface area contributed by atoms with Gasteiger partial charge in [-0.05, 0) is 69.5 Å². The lowest BCUT2D eigenvalue weighted by molar-refractivity contribution is -0.119. The first-order valence-corrected chi connectivity index (χ1v) is 10.9. The molecule has 1 saturated heterocycles. The molecule has 0 unspecified atom stereocenters. The van der Waals surface area contributed by atoms with Gasteiger partial charge in [0.1, 0.15) is 5.69 Å². The van der Waals surface area contributed by atoms with Crippen LogP contribution in [0, 0.1) is 13.8 Å². The molecule has 2 aliphatic rings. The largest absolute Gasteiger partial charge is 0.312 e. The van der Waals surface area contributed by atoms with Crippen molar-refractivity contribution in [2.45, 2.75) is 39.5 Å². The first-order valence-electron chi connectivity index (χ1n) is 10.9. The number of nitrogens with zero attached hydrogens (tertiary/aromatic N) is 4. The summed E-state index contributed by atoms with van der Waals surface area (Å²) in [5, 5.41) is 4.68. The Morgan fingerprint density at radius 2 is 1.39 bits per heavy atom. The van der Waals surface area contributed by atoms with Gasteiger partial charge < -0.3 is 9.80 Å². The number of fused-ring (bicyclic) bond motifs is 1. The van der Waals surface area contributed by atoms with Crippen molar-refractivity contribution in [2.24, 2.45) is 0 Å². The van der Waals surface area contributed by atoms with Gasteiger partial charge in [-0.15, -0.1) is 0 Å². The number of carbonyl (C=O) groups is 2. The number of aromatic nitrogens is 2. The first-order chi connectivity index (χ1) is 15.0. The van der Waals surface area contributed by atoms with Crippen LogP contribution >= 0.6 is 0 Å². The molecule has 6 nitrogen and oxygen atoms in total. The fraction of sp³-hybridized carbons (Fsp3) is 0.320. The molecule has 0 bridgehead atoms. The van der Waals surface area contributed by atoms with E-state index in [1.807, 2.05) is 72.2 Å². The highest BCUT2D eigenvalue weighted by atomic mass is 16.2. The van der Waals surface area contributed by atoms with Crippen molar-refractivity contribution in [1.29, 1.82) is 0 Å². The van der Waals surface area contributed by atoms with Gasteiger partial charge in [0.05, 0.1) is 11.4 Å². The van der Waals surface area contributed by atoms with Crippen LogP contribution in [0.4, 0.5) is 11.4 Å². The second kappa shape index (κ2) is 7.69. The Morgan fingerprint density at radius 3 is 2.06 bits per heavy atom. The molecule has 2 aliphatic heterocycles. The summed E-state index contributed by atoms with van der Waals surface area (Å²) in [5.74, 6) is 0.138. The molecule has 1 fully saturated rings. The predicted molar refractivity (Wildman–Crippen MR) is 121 cm³/mol. The molecule has 31 heavy (non-hydrogen) atoms. The first kappa shape index (κ1) is 19.5. The van der Waals surface area contributed by atoms with Crippen LogP contribution in [0.15, 0.2) is 48.5 Å². The molecule has 0 spiro atoms. The van der Waals surface area contributed by atoms with Crippen molar-refractivity contribution in [3.8, 4) is 5.69 Å². The van der Waals surface area contributed by atoms with Crippen LogP contribution < -0.4 is 9.80 Å². The molecule has 0 atom stereocenters. The fourth-order valence-corrected chi connectivity index (χ4v) is 4.54. The van der Waals surface area contributed by atoms with E-state index >= 15 is 0 Å². The Labute approximate surface area is 182 Å². The zero-order valence-corrected chi connectivity index (χ0v) is 18.0. The van der Waals surface area contributed by atoms with Crippen LogP contribution in [0.1, 0.15) is 46.6 Å². The normalized spacial score (nSPS) is 16.6. The number of carbonyl (C=O) groups excluding carboxylic acids is 2. The van der Waals surface area contributed by atoms with Crippen molar-refractivity contribution in [3.63, 3.8) is 0 Å². The lowest BCUT2D eigenvalue weighted by Gasteiger charge is -2.29. The highest BCUT2D eigenvalue weighted by molar-refractivity contribution is 6.07. The molecule has 158 valence electrons. The molecule has 2 aromatic carbocycles. The molecule has 2 amide bonds. The van der Waals surface area contributed by atoms with E-state index in [2.05, 4.69) is 5.10 Å². The van der Waals surface area contributed by atoms with Gasteiger partial charge in [0.2, 0.25) is 5.91 Å². The van der Waals surface area contributed by atoms with Crippen molar-refractivity contribution < 1.29 is 9.59 Å². The van der Waals surface area contributed by atoms with Crippen LogP contribution in [0.2, 0.25) is 0 Å². The maximum Gasteiger partial charge on any atom is 0.277 e. The molecule has 6 heteroatoms. The highest BCUT2D eigenvalue weighted by Crippen LogP contribution is 2.30. The lowest BCUT2D eigenvalue weighted by atomic mass is 10.0. The Bertz CT molecular complexity index is 1150. The Morgan fingerprint density at radius 1 is 0.742 bits per heavy atom. The topological polar surface area (TPSA) is 58.4 Å². The summed E-state index contributed by atoms with van der Waals surface area (Å²) in [5.41, 5.74) is 6.38. The van der Waals surface area contributed by atoms with Crippen LogP contribution in [-0.2, 0) is 11.2 Å². The highest BCUT2D eigenvalue weighted by Gasteiger charge is 2.32. The fourth-order valence-electron chi connectivity index (χ4n) is 4.54. The van der Waals surface area contributed by atoms with Crippen LogP contribution in [0.3, 0.4) is 0 Å². The summed E-state index contributed by atoms with van der Waals surface area (Å²) in [7, 11) is 0. The van der Waals surface area contributed by atoms with E-state index in [1.54, 1.807) is 4.68 Å². The monoisotopic (exact) mass is 414 g/mol. The van der Waals surface area contributed by atoms with E-state index in [-0.39, 0.29) is 11.8 Å². The van der Waals surface area contributed by atoms with E-state index in [0.717, 1.165) is 54.1 Å². The standard InChI is InChI=1S/C25H26N4O2/c1-17-6-8-21(9-7-17)29-24-22(18(2)26-29)14-16-28(25(24)31)20-12-10-19(11-13-20)27-15-4-3-5-23(27)30/h6-13H,3-5,14-16H2,1-2H3. The zero-order valence-electron chi connectivity index (χ0n) is 18.0. The van der Waals surface area contributed by atoms with E-state index in [4.69, 9.17) is 0 Å². The Balaban J connectivity index is 1.46. The van der Waals surface area contributed by atoms with Gasteiger partial charge >= 0.3 is 0 Å². The van der Waals surface area contributed by atoms with Gasteiger partial charge in [0, 0.05) is 36.4 Å². The second-order valence-corrected chi connectivity index (χ2v) is 8.39. The minimum Gasteiger partial charge on any atom is -0.312 e. The Kier molecular flexibility index (Phi) is 4.85. The van der Waals surface area contributed by atoms with Gasteiger partial charge in [-0.2, -0.15) is 5.10 Å². The third-order valence-corrected chi connectivity index (χ3v) is 6.29. The SMILES string of the molecule is Cc1ccc(-n2nc(C)c3c2C(=O)N(c2ccc(N4CCCCC4=O)cc2)CC3)cc1. The molecule has 0 N–H and O–H groups in total. The van der Waals surface area contributed by atoms with Crippen molar-refractivity contribution in [2.75, 3.05) is 22.9 Å². The maximum absolute atomic E-state index is 13.5. The number of hydrogen-bond donors (Lipinski definition) is 0. The molecule has 1 aromatic heterocycles. The summed E-state index contributed by atoms with van der Waals surface area (Å²) in [6.07, 6.45) is 3.37. The van der Waals surface area contributed by atoms with Crippen molar-refractivity contribution in [3.05, 3.63) is 71.0 Å². The summed E-state index contributed by atoms with van der Waals surface area (Å²) >= 11 is 0. The average molecular weight is 415 g/mol. The lowest BCUT2D eigenvalue weighted by Crippen LogP contribution is -2.39. The molecule has 5 rings (SSSR count). The molecular formula is C25H26N4O2. The third kappa shape index (κ3) is 3.42. The van der Waals surface area contributed by atoms with E-state index in [1.165, 1.54) is 5.56 Å². The molecule has 3 aromatic rings. The van der Waals surface area contributed by atoms with Gasteiger partial charge in [0.15, 0.2) is 0 Å². The van der Waals surface area contributed by atoms with Crippen LogP contribution in [0.5, 0.6) is 0 Å². The summed E-state index contributed by atoms with van der Waals surface area (Å²) in [4.78, 5) is 29.4. The smallest absolute Gasteiger partial charge is 0.277 e. The van der Waals surface area contributed by atoms with Crippen LogP contribution in [0.25, 0.3) is 5.69 Å². The number of piperidine rings is 1. The van der Waals surface area contributed by atoms with Gasteiger partial charge in [0.25, 0.3) is 5.91 Å². The number of aryl methyl sites for hydroxylation is 2. The zero-order chi connectivity index (χ0) is 21.5. The van der Waals surface area contributed by atoms with E-state index < -0.39 is 0 Å². The summed E-state index contributed by atoms with van der Waals surface area (Å²) < 4.78 is 1.78. The van der Waals surface area contributed by atoms with Gasteiger partial charge in [-0.1, -0.05) is 17.7 Å². The minimum atomic E-state index is -0.0378. The molecule has 0 saturated carbocycles. The molecular weight excluding hydrogens is 388 g/mol. The van der Waals surface area contributed by atoms with Crippen molar-refractivity contribution in [1.82, 2.24) is 9.78 Å². The van der Waals surface area contributed by atoms with Gasteiger partial charge in [-0.3, -0.25) is 9.59 Å². The van der Waals surface area contributed by atoms with E-state index in [0.29, 0.717) is 18.7 Å². The number of amides is 2. The number of anilines is 2. The molecule has 0 aliphatic carbocycles. The van der Waals surface area contributed by atoms with Crippen molar-refractivity contribution >= 4 is 23.2 Å². The van der Waals surface area contributed by atoms with Gasteiger partial charge in [-0.25, -0.2) is 4.68 Å².